The van der Waals surface area contributed by atoms with Gasteiger partial charge in [0, 0.05) is 3.57 Å². The quantitative estimate of drug-likeness (QED) is 0.504. The van der Waals surface area contributed by atoms with Gasteiger partial charge in [-0.3, -0.25) is 5.84 Å². The minimum Gasteiger partial charge on any atom is -0.271 e. The molecule has 0 aliphatic heterocycles. The Morgan fingerprint density at radius 1 is 1.06 bits per heavy atom. The van der Waals surface area contributed by atoms with Crippen molar-refractivity contribution in [2.24, 2.45) is 5.84 Å². The van der Waals surface area contributed by atoms with Crippen LogP contribution < -0.4 is 11.3 Å². The molecule has 1 unspecified atom stereocenters. The van der Waals surface area contributed by atoms with Crippen molar-refractivity contribution in [2.75, 3.05) is 0 Å². The van der Waals surface area contributed by atoms with Crippen LogP contribution in [0.2, 0.25) is 0 Å². The molecule has 2 rings (SSSR count). The first-order valence-corrected chi connectivity index (χ1v) is 6.99. The summed E-state index contributed by atoms with van der Waals surface area (Å²) in [4.78, 5) is 0. The number of rotatable bonds is 3. The Bertz CT molecular complexity index is 552. The number of benzene rings is 2. The number of hydrogen-bond donors (Lipinski definition) is 2. The third kappa shape index (κ3) is 2.74. The SMILES string of the molecule is Cc1ccc(C(NN)c2ccccc2I)c(C)c1. The third-order valence-corrected chi connectivity index (χ3v) is 4.10. The van der Waals surface area contributed by atoms with E-state index in [4.69, 9.17) is 5.84 Å². The lowest BCUT2D eigenvalue weighted by atomic mass is 9.94. The number of aryl methyl sites for hydroxylation is 2. The summed E-state index contributed by atoms with van der Waals surface area (Å²) in [6, 6.07) is 14.8. The molecule has 0 fully saturated rings. The van der Waals surface area contributed by atoms with E-state index in [0.717, 1.165) is 0 Å². The maximum Gasteiger partial charge on any atom is 0.0722 e. The summed E-state index contributed by atoms with van der Waals surface area (Å²) in [5.74, 6) is 5.76. The molecule has 0 radical (unpaired) electrons. The van der Waals surface area contributed by atoms with Gasteiger partial charge in [0.1, 0.15) is 0 Å². The van der Waals surface area contributed by atoms with Gasteiger partial charge in [-0.15, -0.1) is 0 Å². The van der Waals surface area contributed by atoms with Crippen LogP contribution in [0.15, 0.2) is 42.5 Å². The topological polar surface area (TPSA) is 38.0 Å². The van der Waals surface area contributed by atoms with E-state index >= 15 is 0 Å². The Kier molecular flexibility index (Phi) is 4.37. The van der Waals surface area contributed by atoms with Crippen molar-refractivity contribution >= 4 is 22.6 Å². The van der Waals surface area contributed by atoms with Crippen LogP contribution in [0, 0.1) is 17.4 Å². The zero-order valence-electron chi connectivity index (χ0n) is 10.6. The van der Waals surface area contributed by atoms with E-state index in [-0.39, 0.29) is 6.04 Å². The molecule has 0 saturated heterocycles. The predicted molar refractivity (Wildman–Crippen MR) is 84.2 cm³/mol. The summed E-state index contributed by atoms with van der Waals surface area (Å²) in [5.41, 5.74) is 7.91. The average Bonchev–Trinajstić information content (AvgIpc) is 2.34. The highest BCUT2D eigenvalue weighted by Crippen LogP contribution is 2.28. The molecule has 2 aromatic rings. The Morgan fingerprint density at radius 2 is 1.78 bits per heavy atom. The fourth-order valence-electron chi connectivity index (χ4n) is 2.21. The molecular weight excluding hydrogens is 335 g/mol. The van der Waals surface area contributed by atoms with E-state index < -0.39 is 0 Å². The monoisotopic (exact) mass is 352 g/mol. The molecule has 0 bridgehead atoms. The van der Waals surface area contributed by atoms with Crippen molar-refractivity contribution in [2.45, 2.75) is 19.9 Å². The first kappa shape index (κ1) is 13.5. The molecule has 1 atom stereocenters. The number of hydrogen-bond acceptors (Lipinski definition) is 2. The first-order chi connectivity index (χ1) is 8.63. The van der Waals surface area contributed by atoms with Gasteiger partial charge in [-0.2, -0.15) is 0 Å². The van der Waals surface area contributed by atoms with E-state index in [1.54, 1.807) is 0 Å². The fraction of sp³-hybridized carbons (Fsp3) is 0.200. The molecule has 0 heterocycles. The van der Waals surface area contributed by atoms with E-state index in [1.165, 1.54) is 25.8 Å². The molecular formula is C15H17IN2. The number of hydrazine groups is 1. The Balaban J connectivity index is 2.49. The van der Waals surface area contributed by atoms with Crippen LogP contribution in [-0.4, -0.2) is 0 Å². The van der Waals surface area contributed by atoms with E-state index in [2.05, 4.69) is 72.2 Å². The van der Waals surface area contributed by atoms with Gasteiger partial charge in [-0.1, -0.05) is 42.0 Å². The van der Waals surface area contributed by atoms with Crippen molar-refractivity contribution in [3.8, 4) is 0 Å². The average molecular weight is 352 g/mol. The van der Waals surface area contributed by atoms with Gasteiger partial charge in [0.15, 0.2) is 0 Å². The van der Waals surface area contributed by atoms with Crippen LogP contribution in [-0.2, 0) is 0 Å². The normalized spacial score (nSPS) is 12.4. The number of nitrogens with one attached hydrogen (secondary N) is 1. The maximum absolute atomic E-state index is 5.76. The molecule has 0 saturated carbocycles. The molecule has 94 valence electrons. The van der Waals surface area contributed by atoms with Crippen LogP contribution in [0.4, 0.5) is 0 Å². The van der Waals surface area contributed by atoms with E-state index in [0.29, 0.717) is 0 Å². The summed E-state index contributed by atoms with van der Waals surface area (Å²) in [7, 11) is 0. The molecule has 3 N–H and O–H groups in total. The van der Waals surface area contributed by atoms with Gasteiger partial charge in [-0.05, 0) is 59.2 Å². The Labute approximate surface area is 122 Å². The van der Waals surface area contributed by atoms with Crippen molar-refractivity contribution in [3.63, 3.8) is 0 Å². The van der Waals surface area contributed by atoms with Crippen LogP contribution in [0.5, 0.6) is 0 Å². The molecule has 0 aliphatic carbocycles. The summed E-state index contributed by atoms with van der Waals surface area (Å²) >= 11 is 2.35. The van der Waals surface area contributed by atoms with Crippen LogP contribution >= 0.6 is 22.6 Å². The second kappa shape index (κ2) is 5.82. The molecule has 3 heteroatoms. The summed E-state index contributed by atoms with van der Waals surface area (Å²) < 4.78 is 1.22. The van der Waals surface area contributed by atoms with Gasteiger partial charge in [0.05, 0.1) is 6.04 Å². The molecule has 18 heavy (non-hydrogen) atoms. The molecule has 0 spiro atoms. The number of nitrogens with two attached hydrogens (primary N) is 1. The Morgan fingerprint density at radius 3 is 2.39 bits per heavy atom. The minimum absolute atomic E-state index is 0.0405. The van der Waals surface area contributed by atoms with E-state index in [1.807, 2.05) is 12.1 Å². The van der Waals surface area contributed by atoms with E-state index in [9.17, 15) is 0 Å². The van der Waals surface area contributed by atoms with Crippen LogP contribution in [0.25, 0.3) is 0 Å². The van der Waals surface area contributed by atoms with Crippen molar-refractivity contribution in [1.29, 1.82) is 0 Å². The Hall–Kier alpha value is -0.910. The predicted octanol–water partition coefficient (Wildman–Crippen LogP) is 3.46. The van der Waals surface area contributed by atoms with Crippen molar-refractivity contribution < 1.29 is 0 Å². The summed E-state index contributed by atoms with van der Waals surface area (Å²) in [6.45, 7) is 4.23. The number of halogens is 1. The largest absolute Gasteiger partial charge is 0.271 e. The highest BCUT2D eigenvalue weighted by molar-refractivity contribution is 14.1. The lowest BCUT2D eigenvalue weighted by Gasteiger charge is -2.20. The fourth-order valence-corrected chi connectivity index (χ4v) is 2.90. The lowest BCUT2D eigenvalue weighted by molar-refractivity contribution is 0.631. The van der Waals surface area contributed by atoms with Gasteiger partial charge in [-0.25, -0.2) is 5.43 Å². The minimum atomic E-state index is 0.0405. The van der Waals surface area contributed by atoms with Gasteiger partial charge >= 0.3 is 0 Å². The maximum atomic E-state index is 5.76. The van der Waals surface area contributed by atoms with Gasteiger partial charge < -0.3 is 0 Å². The first-order valence-electron chi connectivity index (χ1n) is 5.91. The third-order valence-electron chi connectivity index (χ3n) is 3.12. The van der Waals surface area contributed by atoms with Crippen molar-refractivity contribution in [1.82, 2.24) is 5.43 Å². The van der Waals surface area contributed by atoms with Gasteiger partial charge in [0.2, 0.25) is 0 Å². The molecule has 2 nitrogen and oxygen atoms in total. The molecule has 0 amide bonds. The molecule has 2 aromatic carbocycles. The summed E-state index contributed by atoms with van der Waals surface area (Å²) in [5, 5.41) is 0. The lowest BCUT2D eigenvalue weighted by Crippen LogP contribution is -2.30. The highest BCUT2D eigenvalue weighted by atomic mass is 127. The zero-order chi connectivity index (χ0) is 13.1. The molecule has 0 aromatic heterocycles. The highest BCUT2D eigenvalue weighted by Gasteiger charge is 2.16. The summed E-state index contributed by atoms with van der Waals surface area (Å²) in [6.07, 6.45) is 0. The smallest absolute Gasteiger partial charge is 0.0722 e. The van der Waals surface area contributed by atoms with Gasteiger partial charge in [0.25, 0.3) is 0 Å². The molecule has 0 aliphatic rings. The zero-order valence-corrected chi connectivity index (χ0v) is 12.7. The second-order valence-electron chi connectivity index (χ2n) is 4.48. The van der Waals surface area contributed by atoms with Crippen molar-refractivity contribution in [3.05, 3.63) is 68.3 Å². The standard InChI is InChI=1S/C15H17IN2/c1-10-7-8-12(11(2)9-10)15(18-17)13-5-3-4-6-14(13)16/h3-9,15,18H,17H2,1-2H3. The van der Waals surface area contributed by atoms with Crippen LogP contribution in [0.3, 0.4) is 0 Å². The second-order valence-corrected chi connectivity index (χ2v) is 5.64. The van der Waals surface area contributed by atoms with Crippen LogP contribution in [0.1, 0.15) is 28.3 Å².